The van der Waals surface area contributed by atoms with Crippen molar-refractivity contribution >= 4 is 0 Å². The van der Waals surface area contributed by atoms with Crippen molar-refractivity contribution in [3.63, 3.8) is 0 Å². The molecule has 0 unspecified atom stereocenters. The Morgan fingerprint density at radius 1 is 1.29 bits per heavy atom. The molecule has 0 heteroatoms. The Morgan fingerprint density at radius 2 is 1.71 bits per heavy atom. The molecule has 0 atom stereocenters. The second kappa shape index (κ2) is 4.17. The molecule has 0 aromatic rings. The van der Waals surface area contributed by atoms with E-state index in [4.69, 9.17) is 6.92 Å². The maximum Gasteiger partial charge on any atom is -0.00907 e. The molecule has 0 saturated carbocycles. The van der Waals surface area contributed by atoms with Crippen LogP contribution in [0.5, 0.6) is 0 Å². The zero-order chi connectivity index (χ0) is 5.70. The van der Waals surface area contributed by atoms with Crippen LogP contribution in [0, 0.1) is 12.8 Å². The molecule has 3 radical (unpaired) electrons. The summed E-state index contributed by atoms with van der Waals surface area (Å²) < 4.78 is 0. The monoisotopic (exact) mass is 97.1 g/mol. The predicted octanol–water partition coefficient (Wildman–Crippen LogP) is 2.40. The fourth-order valence-electron chi connectivity index (χ4n) is 0.577. The van der Waals surface area contributed by atoms with Gasteiger partial charge in [0.1, 0.15) is 0 Å². The normalized spacial score (nSPS) is 10.3. The SMILES string of the molecule is [C]CC(CC)CC. The molecule has 0 aromatic carbocycles. The molecule has 0 spiro atoms. The molecule has 0 N–H and O–H groups in total. The molecule has 0 bridgehead atoms. The Morgan fingerprint density at radius 3 is 1.71 bits per heavy atom. The highest BCUT2D eigenvalue weighted by Crippen LogP contribution is 2.09. The summed E-state index contributed by atoms with van der Waals surface area (Å²) in [6.45, 7) is 11.2. The molecule has 41 valence electrons. The van der Waals surface area contributed by atoms with Gasteiger partial charge in [0.25, 0.3) is 0 Å². The van der Waals surface area contributed by atoms with Gasteiger partial charge in [-0.1, -0.05) is 26.7 Å². The summed E-state index contributed by atoms with van der Waals surface area (Å²) in [5.41, 5.74) is 0. The minimum atomic E-state index is 0.604. The minimum Gasteiger partial charge on any atom is -0.0651 e. The van der Waals surface area contributed by atoms with Crippen LogP contribution >= 0.6 is 0 Å². The molecule has 7 heavy (non-hydrogen) atoms. The molecule has 0 nitrogen and oxygen atoms in total. The third kappa shape index (κ3) is 2.67. The summed E-state index contributed by atoms with van der Waals surface area (Å²) in [6, 6.07) is 0. The van der Waals surface area contributed by atoms with E-state index in [0.29, 0.717) is 12.3 Å². The van der Waals surface area contributed by atoms with E-state index in [0.717, 1.165) is 0 Å². The summed E-state index contributed by atoms with van der Waals surface area (Å²) in [6.07, 6.45) is 2.94. The summed E-state index contributed by atoms with van der Waals surface area (Å²) in [4.78, 5) is 0. The molecule has 0 fully saturated rings. The van der Waals surface area contributed by atoms with Gasteiger partial charge in [-0.3, -0.25) is 0 Å². The first-order valence-corrected chi connectivity index (χ1v) is 2.99. The van der Waals surface area contributed by atoms with Gasteiger partial charge in [-0.2, -0.15) is 0 Å². The highest BCUT2D eigenvalue weighted by atomic mass is 14.0. The average molecular weight is 97.2 g/mol. The van der Waals surface area contributed by atoms with Crippen molar-refractivity contribution in [2.24, 2.45) is 5.92 Å². The second-order valence-electron chi connectivity index (χ2n) is 1.89. The highest BCUT2D eigenvalue weighted by Gasteiger charge is 1.96. The molecule has 0 amide bonds. The van der Waals surface area contributed by atoms with Crippen molar-refractivity contribution in [3.05, 3.63) is 6.92 Å². The summed E-state index contributed by atoms with van der Waals surface area (Å²) in [5, 5.41) is 0. The Hall–Kier alpha value is 0. The van der Waals surface area contributed by atoms with Crippen molar-refractivity contribution in [3.8, 4) is 0 Å². The Bertz CT molecular complexity index is 21.5. The van der Waals surface area contributed by atoms with Crippen LogP contribution in [0.15, 0.2) is 0 Å². The van der Waals surface area contributed by atoms with Crippen LogP contribution < -0.4 is 0 Å². The molecule has 0 rings (SSSR count). The van der Waals surface area contributed by atoms with Gasteiger partial charge in [-0.25, -0.2) is 0 Å². The van der Waals surface area contributed by atoms with Crippen molar-refractivity contribution in [2.75, 3.05) is 0 Å². The van der Waals surface area contributed by atoms with Gasteiger partial charge in [0.15, 0.2) is 0 Å². The molecular weight excluding hydrogens is 84.1 g/mol. The number of hydrogen-bond donors (Lipinski definition) is 0. The zero-order valence-corrected chi connectivity index (χ0v) is 5.20. The van der Waals surface area contributed by atoms with Crippen LogP contribution in [0.4, 0.5) is 0 Å². The van der Waals surface area contributed by atoms with Gasteiger partial charge in [0.05, 0.1) is 0 Å². The lowest BCUT2D eigenvalue weighted by Gasteiger charge is -2.05. The van der Waals surface area contributed by atoms with E-state index >= 15 is 0 Å². The molecular formula is C7H13. The van der Waals surface area contributed by atoms with E-state index in [-0.39, 0.29) is 0 Å². The van der Waals surface area contributed by atoms with Gasteiger partial charge in [-0.05, 0) is 19.3 Å². The van der Waals surface area contributed by atoms with Gasteiger partial charge in [0, 0.05) is 0 Å². The summed E-state index contributed by atoms with van der Waals surface area (Å²) in [7, 11) is 0. The van der Waals surface area contributed by atoms with E-state index in [9.17, 15) is 0 Å². The van der Waals surface area contributed by atoms with Gasteiger partial charge >= 0.3 is 0 Å². The first-order chi connectivity index (χ1) is 3.35. The zero-order valence-electron chi connectivity index (χ0n) is 5.20. The summed E-state index contributed by atoms with van der Waals surface area (Å²) in [5.74, 6) is 0.653. The topological polar surface area (TPSA) is 0 Å². The van der Waals surface area contributed by atoms with Crippen LogP contribution in [0.25, 0.3) is 0 Å². The fourth-order valence-corrected chi connectivity index (χ4v) is 0.577. The first-order valence-electron chi connectivity index (χ1n) is 2.99. The standard InChI is InChI=1S/C7H13/c1-4-7(5-2)6-3/h7H,4-6H2,1-2H3. The lowest BCUT2D eigenvalue weighted by Crippen LogP contribution is -1.91. The lowest BCUT2D eigenvalue weighted by molar-refractivity contribution is 0.498. The van der Waals surface area contributed by atoms with Crippen LogP contribution in [0.2, 0.25) is 0 Å². The van der Waals surface area contributed by atoms with Gasteiger partial charge in [0.2, 0.25) is 0 Å². The Kier molecular flexibility index (Phi) is 4.17. The highest BCUT2D eigenvalue weighted by molar-refractivity contribution is 4.54. The minimum absolute atomic E-state index is 0.604. The maximum atomic E-state index is 6.96. The number of rotatable bonds is 3. The fraction of sp³-hybridized carbons (Fsp3) is 0.857. The van der Waals surface area contributed by atoms with Crippen LogP contribution in [0.1, 0.15) is 33.1 Å². The average Bonchev–Trinajstić information content (AvgIpc) is 1.72. The molecule has 0 aliphatic heterocycles. The van der Waals surface area contributed by atoms with Crippen LogP contribution in [-0.2, 0) is 0 Å². The predicted molar refractivity (Wildman–Crippen MR) is 31.9 cm³/mol. The van der Waals surface area contributed by atoms with Gasteiger partial charge < -0.3 is 0 Å². The van der Waals surface area contributed by atoms with Crippen molar-refractivity contribution < 1.29 is 0 Å². The lowest BCUT2D eigenvalue weighted by atomic mass is 10.0. The third-order valence-electron chi connectivity index (χ3n) is 1.44. The maximum absolute atomic E-state index is 6.96. The Labute approximate surface area is 46.9 Å². The molecule has 0 heterocycles. The van der Waals surface area contributed by atoms with Gasteiger partial charge in [-0.15, -0.1) is 0 Å². The molecule has 0 aliphatic rings. The first kappa shape index (κ1) is 7.00. The molecule has 0 aliphatic carbocycles. The van der Waals surface area contributed by atoms with E-state index in [1.165, 1.54) is 12.8 Å². The third-order valence-corrected chi connectivity index (χ3v) is 1.44. The van der Waals surface area contributed by atoms with Crippen molar-refractivity contribution in [2.45, 2.75) is 33.1 Å². The second-order valence-corrected chi connectivity index (χ2v) is 1.89. The van der Waals surface area contributed by atoms with E-state index < -0.39 is 0 Å². The molecule has 0 saturated heterocycles. The van der Waals surface area contributed by atoms with Crippen molar-refractivity contribution in [1.82, 2.24) is 0 Å². The van der Waals surface area contributed by atoms with Crippen LogP contribution in [-0.4, -0.2) is 0 Å². The summed E-state index contributed by atoms with van der Waals surface area (Å²) >= 11 is 0. The van der Waals surface area contributed by atoms with Crippen molar-refractivity contribution in [1.29, 1.82) is 0 Å². The van der Waals surface area contributed by atoms with E-state index in [1.807, 2.05) is 0 Å². The van der Waals surface area contributed by atoms with E-state index in [2.05, 4.69) is 13.8 Å². The smallest absolute Gasteiger partial charge is 0.00907 e. The van der Waals surface area contributed by atoms with Crippen LogP contribution in [0.3, 0.4) is 0 Å². The number of hydrogen-bond acceptors (Lipinski definition) is 0. The quantitative estimate of drug-likeness (QED) is 0.507. The molecule has 0 aromatic heterocycles. The Balaban J connectivity index is 2.99. The largest absolute Gasteiger partial charge is 0.0651 e. The van der Waals surface area contributed by atoms with E-state index in [1.54, 1.807) is 0 Å².